The Bertz CT molecular complexity index is 2560. The molecule has 10 rings (SSSR count). The summed E-state index contributed by atoms with van der Waals surface area (Å²) in [5, 5.41) is 5.21. The standard InChI is InChI=1S/C42H26N2/c1-26-9-7-16-38-34-20-17-30(27-10-3-2-4-11-27)25-41(34)43(38)39-21-18-28(23-35(26)39)29-19-22-40-36(24-29)33-14-8-13-32-31-12-5-6-15-37(31)44(40)42(32)33/h2-25H,1H2/b9-7-,38-16-. The first kappa shape index (κ1) is 23.7. The Kier molecular flexibility index (Phi) is 4.62. The third kappa shape index (κ3) is 3.09. The molecule has 8 aromatic rings. The number of rotatable bonds is 2. The molecule has 0 spiro atoms. The number of fused-ring (bicyclic) bond motifs is 12. The summed E-state index contributed by atoms with van der Waals surface area (Å²) in [6.45, 7) is 4.48. The maximum Gasteiger partial charge on any atom is 0.0620 e. The number of benzene rings is 6. The summed E-state index contributed by atoms with van der Waals surface area (Å²) in [5.41, 5.74) is 15.7. The second-order valence-electron chi connectivity index (χ2n) is 11.9. The average molecular weight is 559 g/mol. The van der Waals surface area contributed by atoms with Crippen molar-refractivity contribution in [3.8, 4) is 22.3 Å². The van der Waals surface area contributed by atoms with E-state index in [1.165, 1.54) is 83.0 Å². The fourth-order valence-corrected chi connectivity index (χ4v) is 7.49. The Morgan fingerprint density at radius 1 is 0.477 bits per heavy atom. The number of hydrogen-bond donors (Lipinski definition) is 0. The number of allylic oxidation sites excluding steroid dienone is 4. The van der Waals surface area contributed by atoms with Crippen LogP contribution in [0.25, 0.3) is 71.6 Å². The zero-order valence-corrected chi connectivity index (χ0v) is 24.0. The highest BCUT2D eigenvalue weighted by atomic mass is 15.2. The molecular formula is C42H26N2. The number of hydrogen-bond acceptors (Lipinski definition) is 1. The van der Waals surface area contributed by atoms with Gasteiger partial charge >= 0.3 is 0 Å². The fraction of sp³-hybridized carbons (Fsp3) is 0. The van der Waals surface area contributed by atoms with Gasteiger partial charge < -0.3 is 9.30 Å². The van der Waals surface area contributed by atoms with Crippen molar-refractivity contribution >= 4 is 60.7 Å². The average Bonchev–Trinajstić information content (AvgIpc) is 3.58. The normalized spacial score (nSPS) is 15.9. The van der Waals surface area contributed by atoms with Crippen molar-refractivity contribution in [2.45, 2.75) is 0 Å². The van der Waals surface area contributed by atoms with Crippen molar-refractivity contribution in [3.05, 3.63) is 163 Å². The number of aromatic nitrogens is 1. The minimum absolute atomic E-state index is 1.01. The van der Waals surface area contributed by atoms with Gasteiger partial charge in [-0.15, -0.1) is 0 Å². The van der Waals surface area contributed by atoms with Crippen molar-refractivity contribution in [2.24, 2.45) is 0 Å². The zero-order chi connectivity index (χ0) is 28.9. The Balaban J connectivity index is 1.13. The molecule has 2 aromatic heterocycles. The molecule has 204 valence electrons. The molecule has 2 aliphatic heterocycles. The van der Waals surface area contributed by atoms with Crippen LogP contribution in [0.4, 0.5) is 11.4 Å². The summed E-state index contributed by atoms with van der Waals surface area (Å²) in [4.78, 5) is 2.39. The topological polar surface area (TPSA) is 7.65 Å². The van der Waals surface area contributed by atoms with Gasteiger partial charge in [-0.1, -0.05) is 110 Å². The van der Waals surface area contributed by atoms with E-state index in [0.717, 1.165) is 11.1 Å². The third-order valence-electron chi connectivity index (χ3n) is 9.55. The summed E-state index contributed by atoms with van der Waals surface area (Å²) >= 11 is 0. The van der Waals surface area contributed by atoms with E-state index < -0.39 is 0 Å². The molecule has 0 saturated carbocycles. The lowest BCUT2D eigenvalue weighted by Crippen LogP contribution is -2.27. The molecule has 0 unspecified atom stereocenters. The second kappa shape index (κ2) is 8.59. The van der Waals surface area contributed by atoms with Crippen LogP contribution in [0.3, 0.4) is 0 Å². The van der Waals surface area contributed by atoms with Gasteiger partial charge in [-0.3, -0.25) is 0 Å². The SMILES string of the molecule is C=C1/C=C\C=C2\c3ccc(-c4ccccc4)cc3N2c2ccc(-c3ccc4c(c3)c3cccc5c6ccccc6n4c53)cc21. The summed E-state index contributed by atoms with van der Waals surface area (Å²) in [6, 6.07) is 46.6. The van der Waals surface area contributed by atoms with Crippen LogP contribution in [0.1, 0.15) is 11.1 Å². The van der Waals surface area contributed by atoms with E-state index in [-0.39, 0.29) is 0 Å². The van der Waals surface area contributed by atoms with E-state index in [9.17, 15) is 0 Å². The third-order valence-corrected chi connectivity index (χ3v) is 9.55. The molecule has 0 N–H and O–H groups in total. The van der Waals surface area contributed by atoms with Crippen LogP contribution in [0.15, 0.2) is 152 Å². The van der Waals surface area contributed by atoms with Crippen molar-refractivity contribution in [3.63, 3.8) is 0 Å². The van der Waals surface area contributed by atoms with Gasteiger partial charge in [0.2, 0.25) is 0 Å². The second-order valence-corrected chi connectivity index (χ2v) is 11.9. The summed E-state index contributed by atoms with van der Waals surface area (Å²) < 4.78 is 2.44. The van der Waals surface area contributed by atoms with Gasteiger partial charge in [0.1, 0.15) is 0 Å². The van der Waals surface area contributed by atoms with Crippen molar-refractivity contribution in [1.29, 1.82) is 0 Å². The Morgan fingerprint density at radius 2 is 1.18 bits per heavy atom. The van der Waals surface area contributed by atoms with Gasteiger partial charge in [-0.2, -0.15) is 0 Å². The fourth-order valence-electron chi connectivity index (χ4n) is 7.49. The Morgan fingerprint density at radius 3 is 2.09 bits per heavy atom. The lowest BCUT2D eigenvalue weighted by Gasteiger charge is -2.41. The van der Waals surface area contributed by atoms with Crippen molar-refractivity contribution in [1.82, 2.24) is 4.40 Å². The van der Waals surface area contributed by atoms with Crippen LogP contribution in [0, 0.1) is 0 Å². The minimum atomic E-state index is 1.01. The van der Waals surface area contributed by atoms with Crippen LogP contribution < -0.4 is 4.90 Å². The van der Waals surface area contributed by atoms with Gasteiger partial charge in [-0.05, 0) is 70.3 Å². The van der Waals surface area contributed by atoms with Crippen LogP contribution in [-0.2, 0) is 0 Å². The maximum atomic E-state index is 4.48. The van der Waals surface area contributed by atoms with Crippen LogP contribution in [-0.4, -0.2) is 4.40 Å². The molecule has 0 fully saturated rings. The van der Waals surface area contributed by atoms with E-state index in [1.807, 2.05) is 0 Å². The molecule has 0 aliphatic carbocycles. The molecule has 2 nitrogen and oxygen atoms in total. The maximum absolute atomic E-state index is 4.48. The molecule has 44 heavy (non-hydrogen) atoms. The first-order valence-electron chi connectivity index (χ1n) is 15.1. The predicted molar refractivity (Wildman–Crippen MR) is 187 cm³/mol. The number of nitrogens with zero attached hydrogens (tertiary/aromatic N) is 2. The lowest BCUT2D eigenvalue weighted by atomic mass is 9.89. The Labute approximate surface area is 255 Å². The predicted octanol–water partition coefficient (Wildman–Crippen LogP) is 11.2. The van der Waals surface area contributed by atoms with Crippen LogP contribution in [0.2, 0.25) is 0 Å². The molecule has 0 bridgehead atoms. The smallest absolute Gasteiger partial charge is 0.0620 e. The highest BCUT2D eigenvalue weighted by Gasteiger charge is 2.32. The minimum Gasteiger partial charge on any atom is -0.308 e. The van der Waals surface area contributed by atoms with Gasteiger partial charge in [0.05, 0.1) is 33.6 Å². The molecular weight excluding hydrogens is 532 g/mol. The molecule has 0 atom stereocenters. The number of para-hydroxylation sites is 2. The van der Waals surface area contributed by atoms with Crippen molar-refractivity contribution < 1.29 is 0 Å². The van der Waals surface area contributed by atoms with E-state index in [0.29, 0.717) is 0 Å². The number of anilines is 2. The first-order valence-corrected chi connectivity index (χ1v) is 15.1. The zero-order valence-electron chi connectivity index (χ0n) is 24.0. The summed E-state index contributed by atoms with van der Waals surface area (Å²) in [7, 11) is 0. The van der Waals surface area contributed by atoms with E-state index >= 15 is 0 Å². The monoisotopic (exact) mass is 558 g/mol. The van der Waals surface area contributed by atoms with Gasteiger partial charge in [0.15, 0.2) is 0 Å². The van der Waals surface area contributed by atoms with E-state index in [1.54, 1.807) is 0 Å². The van der Waals surface area contributed by atoms with Gasteiger partial charge in [0.25, 0.3) is 0 Å². The highest BCUT2D eigenvalue weighted by Crippen LogP contribution is 2.52. The highest BCUT2D eigenvalue weighted by molar-refractivity contribution is 6.23. The van der Waals surface area contributed by atoms with Gasteiger partial charge in [0, 0.05) is 32.7 Å². The lowest BCUT2D eigenvalue weighted by molar-refractivity contribution is 1.20. The molecule has 0 amide bonds. The largest absolute Gasteiger partial charge is 0.308 e. The summed E-state index contributed by atoms with van der Waals surface area (Å²) in [5.74, 6) is 0. The van der Waals surface area contributed by atoms with Crippen molar-refractivity contribution in [2.75, 3.05) is 4.90 Å². The molecule has 2 aliphatic rings. The van der Waals surface area contributed by atoms with Crippen LogP contribution in [0.5, 0.6) is 0 Å². The van der Waals surface area contributed by atoms with E-state index in [4.69, 9.17) is 0 Å². The Hall–Kier alpha value is -5.86. The first-order chi connectivity index (χ1) is 21.7. The van der Waals surface area contributed by atoms with E-state index in [2.05, 4.69) is 162 Å². The van der Waals surface area contributed by atoms with Gasteiger partial charge in [-0.25, -0.2) is 0 Å². The summed E-state index contributed by atoms with van der Waals surface area (Å²) in [6.07, 6.45) is 6.46. The quantitative estimate of drug-likeness (QED) is 0.205. The molecule has 6 aromatic carbocycles. The molecule has 0 radical (unpaired) electrons. The molecule has 0 saturated heterocycles. The molecule has 2 heteroatoms. The van der Waals surface area contributed by atoms with Crippen LogP contribution >= 0.6 is 0 Å². The molecule has 4 heterocycles.